The van der Waals surface area contributed by atoms with Gasteiger partial charge >= 0.3 is 5.69 Å². The van der Waals surface area contributed by atoms with Crippen LogP contribution in [0, 0.1) is 11.6 Å². The maximum absolute atomic E-state index is 15.2. The second kappa shape index (κ2) is 9.97. The lowest BCUT2D eigenvalue weighted by Crippen LogP contribution is -2.44. The van der Waals surface area contributed by atoms with Crippen LogP contribution in [-0.2, 0) is 16.4 Å². The van der Waals surface area contributed by atoms with Gasteiger partial charge in [0.05, 0.1) is 28.1 Å². The maximum Gasteiger partial charge on any atom is 0.332 e. The summed E-state index contributed by atoms with van der Waals surface area (Å²) in [6.07, 6.45) is 0.960. The van der Waals surface area contributed by atoms with E-state index in [1.807, 2.05) is 0 Å². The molecule has 1 aromatic heterocycles. The summed E-state index contributed by atoms with van der Waals surface area (Å²) in [5.74, 6) is -1.41. The number of hydrogen-bond acceptors (Lipinski definition) is 6. The molecule has 11 heteroatoms. The standard InChI is InChI=1S/C27H23F2N3O4S2/c1-38(35,36)22-13-7-12-19(29)24(22)21-15-37-26-23(17-10-5-6-11-18(17)28)25(33)31(27(34)32(21)26)14-20(30)16-8-3-2-4-9-16/h2-13,20-21H,14-15,30H2,1H3. The molecule has 0 radical (unpaired) electrons. The molecule has 196 valence electrons. The summed E-state index contributed by atoms with van der Waals surface area (Å²) in [5, 5.41) is 0.141. The number of halogens is 2. The lowest BCUT2D eigenvalue weighted by atomic mass is 10.0. The van der Waals surface area contributed by atoms with Crippen LogP contribution in [-0.4, -0.2) is 29.6 Å². The number of nitrogens with zero attached hydrogens (tertiary/aromatic N) is 2. The van der Waals surface area contributed by atoms with E-state index in [-0.39, 0.29) is 38.9 Å². The third-order valence-corrected chi connectivity index (χ3v) is 8.83. The quantitative estimate of drug-likeness (QED) is 0.364. The highest BCUT2D eigenvalue weighted by atomic mass is 32.2. The van der Waals surface area contributed by atoms with E-state index >= 15 is 4.39 Å². The predicted molar refractivity (Wildman–Crippen MR) is 142 cm³/mol. The molecule has 4 aromatic rings. The molecule has 0 fully saturated rings. The number of thioether (sulfide) groups is 1. The topological polar surface area (TPSA) is 104 Å². The van der Waals surface area contributed by atoms with Gasteiger partial charge in [-0.3, -0.25) is 13.9 Å². The van der Waals surface area contributed by atoms with Crippen molar-refractivity contribution in [1.29, 1.82) is 0 Å². The first-order valence-corrected chi connectivity index (χ1v) is 14.5. The van der Waals surface area contributed by atoms with Gasteiger partial charge in [0.2, 0.25) is 0 Å². The Bertz CT molecular complexity index is 1770. The summed E-state index contributed by atoms with van der Waals surface area (Å²) in [6, 6.07) is 16.4. The van der Waals surface area contributed by atoms with Crippen molar-refractivity contribution in [2.45, 2.75) is 28.5 Å². The Balaban J connectivity index is 1.80. The van der Waals surface area contributed by atoms with Crippen LogP contribution in [0.15, 0.2) is 92.3 Å². The number of benzene rings is 3. The summed E-state index contributed by atoms with van der Waals surface area (Å²) in [7, 11) is -3.86. The summed E-state index contributed by atoms with van der Waals surface area (Å²) >= 11 is 1.07. The molecule has 5 rings (SSSR count). The zero-order valence-electron chi connectivity index (χ0n) is 20.2. The molecule has 0 spiro atoms. The summed E-state index contributed by atoms with van der Waals surface area (Å²) < 4.78 is 57.4. The van der Waals surface area contributed by atoms with Crippen molar-refractivity contribution in [2.24, 2.45) is 5.73 Å². The van der Waals surface area contributed by atoms with Crippen molar-refractivity contribution in [2.75, 3.05) is 12.0 Å². The highest BCUT2D eigenvalue weighted by molar-refractivity contribution is 7.99. The fourth-order valence-electron chi connectivity index (χ4n) is 4.73. The van der Waals surface area contributed by atoms with Gasteiger partial charge in [0.25, 0.3) is 5.56 Å². The van der Waals surface area contributed by atoms with E-state index in [0.717, 1.165) is 28.7 Å². The first kappa shape index (κ1) is 26.1. The highest BCUT2D eigenvalue weighted by Crippen LogP contribution is 2.42. The molecule has 2 unspecified atom stereocenters. The van der Waals surface area contributed by atoms with Crippen LogP contribution in [0.2, 0.25) is 0 Å². The van der Waals surface area contributed by atoms with Crippen LogP contribution in [0.25, 0.3) is 11.1 Å². The largest absolute Gasteiger partial charge is 0.332 e. The summed E-state index contributed by atoms with van der Waals surface area (Å²) in [4.78, 5) is 27.4. The lowest BCUT2D eigenvalue weighted by Gasteiger charge is -2.21. The molecule has 2 atom stereocenters. The van der Waals surface area contributed by atoms with Gasteiger partial charge < -0.3 is 5.73 Å². The minimum absolute atomic E-state index is 0.0201. The third-order valence-electron chi connectivity index (χ3n) is 6.51. The van der Waals surface area contributed by atoms with Gasteiger partial charge in [0, 0.05) is 29.2 Å². The molecule has 0 bridgehead atoms. The smallest absolute Gasteiger partial charge is 0.322 e. The second-order valence-corrected chi connectivity index (χ2v) is 12.0. The van der Waals surface area contributed by atoms with Crippen molar-refractivity contribution in [3.63, 3.8) is 0 Å². The van der Waals surface area contributed by atoms with Crippen LogP contribution in [0.3, 0.4) is 0 Å². The van der Waals surface area contributed by atoms with Crippen molar-refractivity contribution in [1.82, 2.24) is 9.13 Å². The van der Waals surface area contributed by atoms with E-state index in [0.29, 0.717) is 5.56 Å². The Kier molecular flexibility index (Phi) is 6.84. The van der Waals surface area contributed by atoms with Crippen molar-refractivity contribution < 1.29 is 17.2 Å². The Morgan fingerprint density at radius 1 is 0.974 bits per heavy atom. The first-order valence-electron chi connectivity index (χ1n) is 11.7. The molecule has 0 saturated carbocycles. The number of hydrogen-bond donors (Lipinski definition) is 1. The molecule has 3 aromatic carbocycles. The van der Waals surface area contributed by atoms with Crippen LogP contribution < -0.4 is 17.0 Å². The van der Waals surface area contributed by atoms with Crippen molar-refractivity contribution >= 4 is 21.6 Å². The van der Waals surface area contributed by atoms with Crippen LogP contribution in [0.4, 0.5) is 8.78 Å². The number of sulfone groups is 1. The van der Waals surface area contributed by atoms with E-state index in [1.54, 1.807) is 36.4 Å². The first-order chi connectivity index (χ1) is 18.1. The Hall–Kier alpha value is -3.54. The molecule has 1 aliphatic rings. The van der Waals surface area contributed by atoms with Gasteiger partial charge in [-0.1, -0.05) is 54.6 Å². The number of rotatable bonds is 6. The monoisotopic (exact) mass is 555 g/mol. The number of aromatic nitrogens is 2. The minimum atomic E-state index is -3.86. The molecule has 0 amide bonds. The maximum atomic E-state index is 15.2. The SMILES string of the molecule is CS(=O)(=O)c1cccc(F)c1C1CSc2c(-c3ccccc3F)c(=O)n(CC(N)c3ccccc3)c(=O)n21. The van der Waals surface area contributed by atoms with Crippen LogP contribution in [0.1, 0.15) is 23.2 Å². The number of nitrogens with two attached hydrogens (primary N) is 1. The molecule has 0 aliphatic carbocycles. The number of fused-ring (bicyclic) bond motifs is 1. The van der Waals surface area contributed by atoms with Crippen molar-refractivity contribution in [3.8, 4) is 11.1 Å². The molecule has 7 nitrogen and oxygen atoms in total. The molecule has 1 aliphatic heterocycles. The van der Waals surface area contributed by atoms with Gasteiger partial charge in [0.15, 0.2) is 9.84 Å². The average molecular weight is 556 g/mol. The average Bonchev–Trinajstić information content (AvgIpc) is 3.32. The molecule has 2 heterocycles. The third kappa shape index (κ3) is 4.50. The van der Waals surface area contributed by atoms with E-state index in [1.165, 1.54) is 34.9 Å². The Morgan fingerprint density at radius 3 is 2.32 bits per heavy atom. The normalized spacial score (nSPS) is 15.8. The Labute approximate surface area is 221 Å². The molecule has 38 heavy (non-hydrogen) atoms. The molecule has 0 saturated heterocycles. The zero-order valence-corrected chi connectivity index (χ0v) is 21.8. The van der Waals surface area contributed by atoms with E-state index in [4.69, 9.17) is 5.73 Å². The van der Waals surface area contributed by atoms with Crippen molar-refractivity contribution in [3.05, 3.63) is 116 Å². The fourth-order valence-corrected chi connectivity index (χ4v) is 7.01. The van der Waals surface area contributed by atoms with Gasteiger partial charge in [-0.25, -0.2) is 22.0 Å². The lowest BCUT2D eigenvalue weighted by molar-refractivity contribution is 0.463. The predicted octanol–water partition coefficient (Wildman–Crippen LogP) is 3.75. The second-order valence-electron chi connectivity index (χ2n) is 9.00. The van der Waals surface area contributed by atoms with Crippen LogP contribution >= 0.6 is 11.8 Å². The summed E-state index contributed by atoms with van der Waals surface area (Å²) in [6.45, 7) is -0.225. The van der Waals surface area contributed by atoms with Gasteiger partial charge in [-0.2, -0.15) is 0 Å². The Morgan fingerprint density at radius 2 is 1.63 bits per heavy atom. The van der Waals surface area contributed by atoms with Gasteiger partial charge in [-0.15, -0.1) is 11.8 Å². The van der Waals surface area contributed by atoms with Gasteiger partial charge in [-0.05, 0) is 23.8 Å². The van der Waals surface area contributed by atoms with E-state index in [2.05, 4.69) is 0 Å². The molecular weight excluding hydrogens is 532 g/mol. The fraction of sp³-hybridized carbons (Fsp3) is 0.185. The highest BCUT2D eigenvalue weighted by Gasteiger charge is 2.36. The van der Waals surface area contributed by atoms with E-state index < -0.39 is 44.8 Å². The molecular formula is C27H23F2N3O4S2. The van der Waals surface area contributed by atoms with Crippen LogP contribution in [0.5, 0.6) is 0 Å². The summed E-state index contributed by atoms with van der Waals surface area (Å²) in [5.41, 5.74) is 5.25. The molecule has 2 N–H and O–H groups in total. The van der Waals surface area contributed by atoms with Gasteiger partial charge in [0.1, 0.15) is 11.6 Å². The zero-order chi connectivity index (χ0) is 27.2. The van der Waals surface area contributed by atoms with E-state index in [9.17, 15) is 22.4 Å². The minimum Gasteiger partial charge on any atom is -0.322 e.